The van der Waals surface area contributed by atoms with Crippen molar-refractivity contribution in [3.63, 3.8) is 0 Å². The van der Waals surface area contributed by atoms with Gasteiger partial charge in [-0.05, 0) is 12.3 Å². The Labute approximate surface area is 128 Å². The minimum Gasteiger partial charge on any atom is -0.477 e. The van der Waals surface area contributed by atoms with Gasteiger partial charge in [-0.2, -0.15) is 11.8 Å². The monoisotopic (exact) mass is 314 g/mol. The molecule has 0 bridgehead atoms. The largest absolute Gasteiger partial charge is 0.477 e. The van der Waals surface area contributed by atoms with Gasteiger partial charge >= 0.3 is 5.97 Å². The third-order valence-corrected chi connectivity index (χ3v) is 5.98. The summed E-state index contributed by atoms with van der Waals surface area (Å²) in [5, 5.41) is 10.2. The number of anilines is 1. The van der Waals surface area contributed by atoms with E-state index >= 15 is 0 Å². The average molecular weight is 314 g/mol. The maximum Gasteiger partial charge on any atom is 0.347 e. The van der Waals surface area contributed by atoms with E-state index in [1.54, 1.807) is 0 Å². The zero-order chi connectivity index (χ0) is 14.9. The molecule has 1 N–H and O–H groups in total. The van der Waals surface area contributed by atoms with E-state index in [1.165, 1.54) is 11.3 Å². The molecule has 0 spiro atoms. The number of aromatic nitrogens is 1. The standard InChI is InChI=1S/C14H22N2O2S2/c1-9(2)10-11(12(17)18)20-13(15-10)16-6-5-14(3,4)19-8-7-16/h9H,5-8H2,1-4H3,(H,17,18). The molecule has 2 heterocycles. The molecule has 0 amide bonds. The van der Waals surface area contributed by atoms with Gasteiger partial charge in [-0.25, -0.2) is 9.78 Å². The maximum atomic E-state index is 11.3. The predicted molar refractivity (Wildman–Crippen MR) is 86.5 cm³/mol. The van der Waals surface area contributed by atoms with Crippen molar-refractivity contribution in [1.82, 2.24) is 4.98 Å². The van der Waals surface area contributed by atoms with Crippen LogP contribution in [0.4, 0.5) is 5.13 Å². The number of thiazole rings is 1. The number of nitrogens with zero attached hydrogens (tertiary/aromatic N) is 2. The summed E-state index contributed by atoms with van der Waals surface area (Å²) in [5.41, 5.74) is 0.716. The first-order chi connectivity index (χ1) is 9.30. The van der Waals surface area contributed by atoms with Gasteiger partial charge in [-0.3, -0.25) is 0 Å². The van der Waals surface area contributed by atoms with Gasteiger partial charge in [0.25, 0.3) is 0 Å². The van der Waals surface area contributed by atoms with Crippen molar-refractivity contribution in [3.05, 3.63) is 10.6 Å². The molecule has 1 aliphatic heterocycles. The molecule has 6 heteroatoms. The molecule has 1 fully saturated rings. The Balaban J connectivity index is 2.24. The van der Waals surface area contributed by atoms with E-state index in [2.05, 4.69) is 23.7 Å². The van der Waals surface area contributed by atoms with Crippen LogP contribution >= 0.6 is 23.1 Å². The Bertz CT molecular complexity index is 497. The Hall–Kier alpha value is -0.750. The maximum absolute atomic E-state index is 11.3. The molecule has 0 aromatic carbocycles. The highest BCUT2D eigenvalue weighted by Crippen LogP contribution is 2.35. The Morgan fingerprint density at radius 3 is 2.65 bits per heavy atom. The fourth-order valence-corrected chi connectivity index (χ4v) is 4.42. The van der Waals surface area contributed by atoms with Crippen molar-refractivity contribution in [2.45, 2.75) is 44.8 Å². The van der Waals surface area contributed by atoms with Crippen LogP contribution in [0.25, 0.3) is 0 Å². The zero-order valence-electron chi connectivity index (χ0n) is 12.5. The normalized spacial score (nSPS) is 19.1. The highest BCUT2D eigenvalue weighted by molar-refractivity contribution is 8.00. The first kappa shape index (κ1) is 15.6. The third-order valence-electron chi connectivity index (χ3n) is 3.49. The molecule has 0 saturated carbocycles. The summed E-state index contributed by atoms with van der Waals surface area (Å²) in [5.74, 6) is 0.345. The molecule has 1 aromatic rings. The fraction of sp³-hybridized carbons (Fsp3) is 0.714. The molecule has 0 radical (unpaired) electrons. The topological polar surface area (TPSA) is 53.4 Å². The number of carboxylic acid groups (broad SMARTS) is 1. The number of carbonyl (C=O) groups is 1. The van der Waals surface area contributed by atoms with Crippen LogP contribution < -0.4 is 4.90 Å². The molecule has 1 aliphatic rings. The van der Waals surface area contributed by atoms with Gasteiger partial charge < -0.3 is 10.0 Å². The van der Waals surface area contributed by atoms with E-state index in [0.29, 0.717) is 15.3 Å². The summed E-state index contributed by atoms with van der Waals surface area (Å²) in [6.07, 6.45) is 1.09. The second-order valence-electron chi connectivity index (χ2n) is 6.02. The van der Waals surface area contributed by atoms with Crippen LogP contribution in [-0.4, -0.2) is 39.6 Å². The average Bonchev–Trinajstić information content (AvgIpc) is 2.70. The summed E-state index contributed by atoms with van der Waals surface area (Å²) in [6.45, 7) is 10.4. The highest BCUT2D eigenvalue weighted by Gasteiger charge is 2.27. The predicted octanol–water partition coefficient (Wildman–Crippen LogP) is 3.69. The smallest absolute Gasteiger partial charge is 0.347 e. The third kappa shape index (κ3) is 3.47. The quantitative estimate of drug-likeness (QED) is 0.922. The molecule has 0 unspecified atom stereocenters. The minimum absolute atomic E-state index is 0.142. The number of hydrogen-bond donors (Lipinski definition) is 1. The van der Waals surface area contributed by atoms with Crippen LogP contribution in [-0.2, 0) is 0 Å². The lowest BCUT2D eigenvalue weighted by Crippen LogP contribution is -2.26. The van der Waals surface area contributed by atoms with Gasteiger partial charge in [0.05, 0.1) is 5.69 Å². The second kappa shape index (κ2) is 5.93. The van der Waals surface area contributed by atoms with Crippen LogP contribution in [0.3, 0.4) is 0 Å². The van der Waals surface area contributed by atoms with E-state index in [4.69, 9.17) is 0 Å². The molecule has 1 saturated heterocycles. The van der Waals surface area contributed by atoms with Gasteiger partial charge in [-0.1, -0.05) is 39.0 Å². The van der Waals surface area contributed by atoms with Crippen LogP contribution in [0.1, 0.15) is 55.4 Å². The Morgan fingerprint density at radius 2 is 2.10 bits per heavy atom. The highest BCUT2D eigenvalue weighted by atomic mass is 32.2. The summed E-state index contributed by atoms with van der Waals surface area (Å²) in [4.78, 5) is 18.6. The molecular formula is C14H22N2O2S2. The number of hydrogen-bond acceptors (Lipinski definition) is 5. The summed E-state index contributed by atoms with van der Waals surface area (Å²) >= 11 is 3.30. The molecule has 20 heavy (non-hydrogen) atoms. The molecule has 112 valence electrons. The summed E-state index contributed by atoms with van der Waals surface area (Å²) in [6, 6.07) is 0. The van der Waals surface area contributed by atoms with Crippen molar-refractivity contribution in [3.8, 4) is 0 Å². The van der Waals surface area contributed by atoms with Crippen molar-refractivity contribution in [2.75, 3.05) is 23.7 Å². The number of aromatic carboxylic acids is 1. The number of rotatable bonds is 3. The van der Waals surface area contributed by atoms with Crippen molar-refractivity contribution < 1.29 is 9.90 Å². The van der Waals surface area contributed by atoms with Gasteiger partial charge in [0.1, 0.15) is 4.88 Å². The van der Waals surface area contributed by atoms with Crippen molar-refractivity contribution in [2.24, 2.45) is 0 Å². The molecule has 0 aliphatic carbocycles. The van der Waals surface area contributed by atoms with Gasteiger partial charge in [0, 0.05) is 23.6 Å². The molecule has 4 nitrogen and oxygen atoms in total. The van der Waals surface area contributed by atoms with E-state index in [9.17, 15) is 9.90 Å². The van der Waals surface area contributed by atoms with Crippen LogP contribution in [0.2, 0.25) is 0 Å². The Kier molecular flexibility index (Phi) is 4.64. The SMILES string of the molecule is CC(C)c1nc(N2CCSC(C)(C)CC2)sc1C(=O)O. The minimum atomic E-state index is -0.859. The van der Waals surface area contributed by atoms with Gasteiger partial charge in [0.2, 0.25) is 0 Å². The van der Waals surface area contributed by atoms with Gasteiger partial charge in [-0.15, -0.1) is 0 Å². The van der Waals surface area contributed by atoms with E-state index < -0.39 is 5.97 Å². The first-order valence-electron chi connectivity index (χ1n) is 6.93. The fourth-order valence-electron chi connectivity index (χ4n) is 2.21. The molecule has 1 aromatic heterocycles. The summed E-state index contributed by atoms with van der Waals surface area (Å²) in [7, 11) is 0. The second-order valence-corrected chi connectivity index (χ2v) is 8.80. The van der Waals surface area contributed by atoms with Crippen molar-refractivity contribution >= 4 is 34.2 Å². The van der Waals surface area contributed by atoms with Crippen LogP contribution in [0, 0.1) is 0 Å². The number of carboxylic acids is 1. The van der Waals surface area contributed by atoms with Crippen LogP contribution in [0.15, 0.2) is 0 Å². The lowest BCUT2D eigenvalue weighted by atomic mass is 10.1. The number of thioether (sulfide) groups is 1. The zero-order valence-corrected chi connectivity index (χ0v) is 14.1. The van der Waals surface area contributed by atoms with Crippen molar-refractivity contribution in [1.29, 1.82) is 0 Å². The molecular weight excluding hydrogens is 292 g/mol. The van der Waals surface area contributed by atoms with E-state index in [-0.39, 0.29) is 5.92 Å². The lowest BCUT2D eigenvalue weighted by molar-refractivity contribution is 0.0700. The van der Waals surface area contributed by atoms with Gasteiger partial charge in [0.15, 0.2) is 5.13 Å². The summed E-state index contributed by atoms with van der Waals surface area (Å²) < 4.78 is 0.294. The van der Waals surface area contributed by atoms with E-state index in [1.807, 2.05) is 25.6 Å². The lowest BCUT2D eigenvalue weighted by Gasteiger charge is -2.22. The Morgan fingerprint density at radius 1 is 1.40 bits per heavy atom. The molecule has 0 atom stereocenters. The molecule has 2 rings (SSSR count). The first-order valence-corrected chi connectivity index (χ1v) is 8.73. The van der Waals surface area contributed by atoms with Crippen LogP contribution in [0.5, 0.6) is 0 Å². The van der Waals surface area contributed by atoms with E-state index in [0.717, 1.165) is 30.4 Å².